The average Bonchev–Trinajstić information content (AvgIpc) is 2.57. The van der Waals surface area contributed by atoms with E-state index in [0.717, 1.165) is 0 Å². The molecule has 0 aliphatic heterocycles. The Morgan fingerprint density at radius 3 is 2.71 bits per heavy atom. The minimum absolute atomic E-state index is 0.0414. The maximum atomic E-state index is 13.0. The van der Waals surface area contributed by atoms with Crippen molar-refractivity contribution in [2.75, 3.05) is 0 Å². The van der Waals surface area contributed by atoms with Gasteiger partial charge in [0.15, 0.2) is 0 Å². The smallest absolute Gasteiger partial charge is 0.264 e. The molecule has 1 aromatic heterocycles. The monoisotopic (exact) mass is 232 g/mol. The van der Waals surface area contributed by atoms with E-state index in [-0.39, 0.29) is 16.2 Å². The highest BCUT2D eigenvalue weighted by Gasteiger charge is 2.13. The van der Waals surface area contributed by atoms with Gasteiger partial charge in [-0.15, -0.1) is 0 Å². The SMILES string of the molecule is Fc1cccc(-c2nc(Cl)no2)c1Cl. The molecule has 1 heterocycles. The topological polar surface area (TPSA) is 38.9 Å². The molecule has 0 aliphatic rings. The lowest BCUT2D eigenvalue weighted by Gasteiger charge is -1.98. The number of hydrogen-bond acceptors (Lipinski definition) is 3. The molecular weight excluding hydrogens is 230 g/mol. The number of aromatic nitrogens is 2. The Morgan fingerprint density at radius 1 is 1.29 bits per heavy atom. The lowest BCUT2D eigenvalue weighted by molar-refractivity contribution is 0.430. The molecule has 0 bridgehead atoms. The Kier molecular flexibility index (Phi) is 2.39. The van der Waals surface area contributed by atoms with Gasteiger partial charge in [-0.3, -0.25) is 0 Å². The van der Waals surface area contributed by atoms with Crippen molar-refractivity contribution >= 4 is 23.2 Å². The lowest BCUT2D eigenvalue weighted by Crippen LogP contribution is -1.83. The van der Waals surface area contributed by atoms with E-state index < -0.39 is 5.82 Å². The largest absolute Gasteiger partial charge is 0.333 e. The van der Waals surface area contributed by atoms with E-state index in [1.807, 2.05) is 0 Å². The number of benzene rings is 1. The number of nitrogens with zero attached hydrogens (tertiary/aromatic N) is 2. The first-order chi connectivity index (χ1) is 6.68. The van der Waals surface area contributed by atoms with E-state index in [1.54, 1.807) is 6.07 Å². The van der Waals surface area contributed by atoms with Gasteiger partial charge in [0, 0.05) is 0 Å². The van der Waals surface area contributed by atoms with E-state index in [1.165, 1.54) is 12.1 Å². The summed E-state index contributed by atoms with van der Waals surface area (Å²) in [5.74, 6) is -0.446. The lowest BCUT2D eigenvalue weighted by atomic mass is 10.2. The molecule has 0 unspecified atom stereocenters. The molecule has 72 valence electrons. The van der Waals surface area contributed by atoms with Gasteiger partial charge in [-0.1, -0.05) is 17.7 Å². The summed E-state index contributed by atoms with van der Waals surface area (Å²) in [5, 5.41) is 3.26. The number of rotatable bonds is 1. The molecule has 0 saturated heterocycles. The van der Waals surface area contributed by atoms with Crippen molar-refractivity contribution in [3.63, 3.8) is 0 Å². The van der Waals surface area contributed by atoms with Crippen LogP contribution in [0.15, 0.2) is 22.7 Å². The molecule has 0 fully saturated rings. The number of hydrogen-bond donors (Lipinski definition) is 0. The molecule has 0 atom stereocenters. The van der Waals surface area contributed by atoms with Crippen LogP contribution in [0, 0.1) is 5.82 Å². The molecule has 6 heteroatoms. The van der Waals surface area contributed by atoms with Gasteiger partial charge in [-0.25, -0.2) is 4.39 Å². The molecule has 0 amide bonds. The van der Waals surface area contributed by atoms with Crippen molar-refractivity contribution in [2.24, 2.45) is 0 Å². The second kappa shape index (κ2) is 3.55. The Morgan fingerprint density at radius 2 is 2.07 bits per heavy atom. The zero-order valence-corrected chi connectivity index (χ0v) is 8.18. The Balaban J connectivity index is 2.57. The third-order valence-corrected chi connectivity index (χ3v) is 2.12. The molecule has 0 spiro atoms. The fourth-order valence-electron chi connectivity index (χ4n) is 0.984. The minimum atomic E-state index is -0.543. The second-order valence-corrected chi connectivity index (χ2v) is 3.19. The van der Waals surface area contributed by atoms with Gasteiger partial charge >= 0.3 is 0 Å². The zero-order chi connectivity index (χ0) is 10.1. The van der Waals surface area contributed by atoms with E-state index in [2.05, 4.69) is 10.1 Å². The molecule has 3 nitrogen and oxygen atoms in total. The zero-order valence-electron chi connectivity index (χ0n) is 6.67. The third kappa shape index (κ3) is 1.58. The molecule has 0 aliphatic carbocycles. The van der Waals surface area contributed by atoms with E-state index >= 15 is 0 Å². The van der Waals surface area contributed by atoms with Crippen LogP contribution in [0.4, 0.5) is 4.39 Å². The third-order valence-electron chi connectivity index (χ3n) is 1.58. The molecule has 0 radical (unpaired) electrons. The van der Waals surface area contributed by atoms with Crippen LogP contribution >= 0.6 is 23.2 Å². The van der Waals surface area contributed by atoms with Crippen LogP contribution in [0.5, 0.6) is 0 Å². The summed E-state index contributed by atoms with van der Waals surface area (Å²) in [7, 11) is 0. The summed E-state index contributed by atoms with van der Waals surface area (Å²) in [6, 6.07) is 4.30. The van der Waals surface area contributed by atoms with Gasteiger partial charge in [-0.2, -0.15) is 4.98 Å². The Bertz CT molecular complexity index is 472. The molecule has 0 N–H and O–H groups in total. The fraction of sp³-hybridized carbons (Fsp3) is 0. The molecule has 2 aromatic rings. The molecule has 14 heavy (non-hydrogen) atoms. The van der Waals surface area contributed by atoms with Gasteiger partial charge in [0.25, 0.3) is 11.2 Å². The Hall–Kier alpha value is -1.13. The highest BCUT2D eigenvalue weighted by molar-refractivity contribution is 6.33. The molecular formula is C8H3Cl2FN2O. The first-order valence-electron chi connectivity index (χ1n) is 3.62. The van der Waals surface area contributed by atoms with Crippen molar-refractivity contribution in [3.8, 4) is 11.5 Å². The van der Waals surface area contributed by atoms with E-state index in [9.17, 15) is 4.39 Å². The van der Waals surface area contributed by atoms with Crippen LogP contribution in [0.1, 0.15) is 0 Å². The summed E-state index contributed by atoms with van der Waals surface area (Å²) < 4.78 is 17.8. The van der Waals surface area contributed by atoms with Crippen LogP contribution in [0.3, 0.4) is 0 Å². The van der Waals surface area contributed by atoms with E-state index in [0.29, 0.717) is 5.56 Å². The van der Waals surface area contributed by atoms with Crippen LogP contribution in [-0.4, -0.2) is 10.1 Å². The Labute approximate surface area is 88.4 Å². The van der Waals surface area contributed by atoms with Gasteiger partial charge in [0.05, 0.1) is 10.6 Å². The normalized spacial score (nSPS) is 10.5. The first-order valence-corrected chi connectivity index (χ1v) is 4.37. The van der Waals surface area contributed by atoms with Gasteiger partial charge < -0.3 is 4.52 Å². The van der Waals surface area contributed by atoms with Crippen molar-refractivity contribution in [1.82, 2.24) is 10.1 Å². The summed E-state index contributed by atoms with van der Waals surface area (Å²) in [4.78, 5) is 3.72. The van der Waals surface area contributed by atoms with Crippen LogP contribution in [0.25, 0.3) is 11.5 Å². The summed E-state index contributed by atoms with van der Waals surface area (Å²) in [6.45, 7) is 0. The summed E-state index contributed by atoms with van der Waals surface area (Å²) >= 11 is 11.1. The average molecular weight is 233 g/mol. The van der Waals surface area contributed by atoms with Crippen molar-refractivity contribution in [1.29, 1.82) is 0 Å². The quantitative estimate of drug-likeness (QED) is 0.759. The summed E-state index contributed by atoms with van der Waals surface area (Å²) in [6.07, 6.45) is 0. The van der Waals surface area contributed by atoms with Gasteiger partial charge in [-0.05, 0) is 28.9 Å². The predicted octanol–water partition coefficient (Wildman–Crippen LogP) is 3.18. The van der Waals surface area contributed by atoms with Gasteiger partial charge in [0.2, 0.25) is 0 Å². The van der Waals surface area contributed by atoms with Crippen molar-refractivity contribution < 1.29 is 8.91 Å². The molecule has 2 rings (SSSR count). The van der Waals surface area contributed by atoms with Crippen LogP contribution < -0.4 is 0 Å². The molecule has 1 aromatic carbocycles. The standard InChI is InChI=1S/C8H3Cl2FN2O/c9-6-4(2-1-3-5(6)11)7-12-8(10)13-14-7/h1-3H. The summed E-state index contributed by atoms with van der Waals surface area (Å²) in [5.41, 5.74) is 0.325. The highest BCUT2D eigenvalue weighted by Crippen LogP contribution is 2.28. The van der Waals surface area contributed by atoms with E-state index in [4.69, 9.17) is 27.7 Å². The van der Waals surface area contributed by atoms with Crippen LogP contribution in [0.2, 0.25) is 10.3 Å². The highest BCUT2D eigenvalue weighted by atomic mass is 35.5. The molecule has 0 saturated carbocycles. The maximum absolute atomic E-state index is 13.0. The minimum Gasteiger partial charge on any atom is -0.333 e. The fourth-order valence-corrected chi connectivity index (χ4v) is 1.30. The second-order valence-electron chi connectivity index (χ2n) is 2.47. The van der Waals surface area contributed by atoms with Crippen molar-refractivity contribution in [2.45, 2.75) is 0 Å². The van der Waals surface area contributed by atoms with Crippen LogP contribution in [-0.2, 0) is 0 Å². The van der Waals surface area contributed by atoms with Crippen molar-refractivity contribution in [3.05, 3.63) is 34.3 Å². The predicted molar refractivity (Wildman–Crippen MR) is 49.7 cm³/mol. The number of halogens is 3. The maximum Gasteiger partial charge on any atom is 0.264 e. The first kappa shape index (κ1) is 9.43. The van der Waals surface area contributed by atoms with Gasteiger partial charge in [0.1, 0.15) is 5.82 Å².